The SMILES string of the molecule is Cc1cc(C)cc(OCC(=O)N/N=C/c2ccc(Br)s2)c1. The predicted octanol–water partition coefficient (Wildman–Crippen LogP) is 3.66. The second-order valence-corrected chi connectivity index (χ2v) is 7.04. The van der Waals surface area contributed by atoms with Gasteiger partial charge in [-0.15, -0.1) is 11.3 Å². The molecule has 0 aliphatic carbocycles. The number of amides is 1. The molecule has 0 radical (unpaired) electrons. The molecule has 0 atom stereocenters. The molecule has 110 valence electrons. The van der Waals surface area contributed by atoms with Crippen molar-refractivity contribution in [2.75, 3.05) is 6.61 Å². The van der Waals surface area contributed by atoms with Gasteiger partial charge in [0.1, 0.15) is 5.75 Å². The number of thiophene rings is 1. The normalized spacial score (nSPS) is 10.8. The number of aryl methyl sites for hydroxylation is 2. The smallest absolute Gasteiger partial charge is 0.277 e. The van der Waals surface area contributed by atoms with Gasteiger partial charge in [0.2, 0.25) is 0 Å². The standard InChI is InChI=1S/C15H15BrN2O2S/c1-10-5-11(2)7-12(6-10)20-9-15(19)18-17-8-13-3-4-14(16)21-13/h3-8H,9H2,1-2H3,(H,18,19)/b17-8+. The highest BCUT2D eigenvalue weighted by atomic mass is 79.9. The summed E-state index contributed by atoms with van der Waals surface area (Å²) < 4.78 is 6.47. The van der Waals surface area contributed by atoms with Crippen LogP contribution >= 0.6 is 27.3 Å². The van der Waals surface area contributed by atoms with Crippen LogP contribution in [0.15, 0.2) is 39.2 Å². The monoisotopic (exact) mass is 366 g/mol. The first-order valence-electron chi connectivity index (χ1n) is 6.31. The van der Waals surface area contributed by atoms with Crippen LogP contribution in [0.3, 0.4) is 0 Å². The van der Waals surface area contributed by atoms with Gasteiger partial charge in [0.15, 0.2) is 6.61 Å². The fourth-order valence-electron chi connectivity index (χ4n) is 1.76. The second kappa shape index (κ2) is 7.38. The first-order chi connectivity index (χ1) is 10.0. The highest BCUT2D eigenvalue weighted by Gasteiger charge is 2.02. The first-order valence-corrected chi connectivity index (χ1v) is 7.92. The second-order valence-electron chi connectivity index (χ2n) is 4.55. The summed E-state index contributed by atoms with van der Waals surface area (Å²) in [6.07, 6.45) is 1.60. The molecule has 21 heavy (non-hydrogen) atoms. The Morgan fingerprint density at radius 1 is 1.33 bits per heavy atom. The highest BCUT2D eigenvalue weighted by Crippen LogP contribution is 2.20. The number of hydrazone groups is 1. The maximum Gasteiger partial charge on any atom is 0.277 e. The summed E-state index contributed by atoms with van der Waals surface area (Å²) >= 11 is 4.90. The number of ether oxygens (including phenoxy) is 1. The van der Waals surface area contributed by atoms with E-state index in [4.69, 9.17) is 4.74 Å². The zero-order valence-electron chi connectivity index (χ0n) is 11.7. The summed E-state index contributed by atoms with van der Waals surface area (Å²) in [7, 11) is 0. The van der Waals surface area contributed by atoms with E-state index in [-0.39, 0.29) is 12.5 Å². The molecule has 0 aliphatic rings. The molecule has 0 fully saturated rings. The maximum atomic E-state index is 11.6. The minimum absolute atomic E-state index is 0.0611. The van der Waals surface area contributed by atoms with Crippen LogP contribution in [0, 0.1) is 13.8 Å². The van der Waals surface area contributed by atoms with Crippen LogP contribution in [0.4, 0.5) is 0 Å². The van der Waals surface area contributed by atoms with E-state index in [1.54, 1.807) is 6.21 Å². The zero-order chi connectivity index (χ0) is 15.2. The Labute approximate surface area is 136 Å². The molecule has 1 aromatic carbocycles. The van der Waals surface area contributed by atoms with Crippen molar-refractivity contribution in [1.82, 2.24) is 5.43 Å². The highest BCUT2D eigenvalue weighted by molar-refractivity contribution is 9.11. The van der Waals surface area contributed by atoms with Crippen molar-refractivity contribution >= 4 is 39.4 Å². The number of halogens is 1. The van der Waals surface area contributed by atoms with Gasteiger partial charge in [-0.3, -0.25) is 4.79 Å². The molecule has 4 nitrogen and oxygen atoms in total. The molecule has 0 saturated carbocycles. The molecule has 6 heteroatoms. The van der Waals surface area contributed by atoms with Crippen molar-refractivity contribution in [1.29, 1.82) is 0 Å². The molecular weight excluding hydrogens is 352 g/mol. The lowest BCUT2D eigenvalue weighted by molar-refractivity contribution is -0.123. The van der Waals surface area contributed by atoms with E-state index in [9.17, 15) is 4.79 Å². The van der Waals surface area contributed by atoms with Gasteiger partial charge in [-0.05, 0) is 65.2 Å². The van der Waals surface area contributed by atoms with Gasteiger partial charge >= 0.3 is 0 Å². The number of carbonyl (C=O) groups is 1. The molecule has 1 heterocycles. The Kier molecular flexibility index (Phi) is 5.52. The number of carbonyl (C=O) groups excluding carboxylic acids is 1. The van der Waals surface area contributed by atoms with Gasteiger partial charge in [-0.1, -0.05) is 6.07 Å². The largest absolute Gasteiger partial charge is 0.484 e. The summed E-state index contributed by atoms with van der Waals surface area (Å²) in [5.74, 6) is 0.398. The fraction of sp³-hybridized carbons (Fsp3) is 0.200. The molecular formula is C15H15BrN2O2S. The summed E-state index contributed by atoms with van der Waals surface area (Å²) in [5, 5.41) is 3.89. The van der Waals surface area contributed by atoms with Gasteiger partial charge < -0.3 is 4.74 Å². The quantitative estimate of drug-likeness (QED) is 0.648. The number of nitrogens with one attached hydrogen (secondary N) is 1. The molecule has 0 saturated heterocycles. The molecule has 2 rings (SSSR count). The van der Waals surface area contributed by atoms with Gasteiger partial charge in [0, 0.05) is 4.88 Å². The third-order valence-corrected chi connectivity index (χ3v) is 4.10. The van der Waals surface area contributed by atoms with E-state index >= 15 is 0 Å². The van der Waals surface area contributed by atoms with Crippen LogP contribution in [0.1, 0.15) is 16.0 Å². The summed E-state index contributed by atoms with van der Waals surface area (Å²) in [4.78, 5) is 12.6. The van der Waals surface area contributed by atoms with Gasteiger partial charge in [0.05, 0.1) is 10.0 Å². The van der Waals surface area contributed by atoms with Crippen LogP contribution in [0.2, 0.25) is 0 Å². The third kappa shape index (κ3) is 5.32. The predicted molar refractivity (Wildman–Crippen MR) is 89.2 cm³/mol. The van der Waals surface area contributed by atoms with E-state index in [0.717, 1.165) is 19.8 Å². The van der Waals surface area contributed by atoms with Crippen molar-refractivity contribution < 1.29 is 9.53 Å². The minimum atomic E-state index is -0.291. The number of nitrogens with zero attached hydrogens (tertiary/aromatic N) is 1. The molecule has 0 spiro atoms. The average Bonchev–Trinajstić information content (AvgIpc) is 2.81. The van der Waals surface area contributed by atoms with Crippen LogP contribution in [-0.2, 0) is 4.79 Å². The Morgan fingerprint density at radius 3 is 2.67 bits per heavy atom. The van der Waals surface area contributed by atoms with E-state index in [2.05, 4.69) is 32.5 Å². The first kappa shape index (κ1) is 15.7. The Morgan fingerprint density at radius 2 is 2.05 bits per heavy atom. The van der Waals surface area contributed by atoms with Crippen molar-refractivity contribution in [3.63, 3.8) is 0 Å². The third-order valence-electron chi connectivity index (χ3n) is 2.54. The summed E-state index contributed by atoms with van der Waals surface area (Å²) in [5.41, 5.74) is 4.64. The molecule has 0 bridgehead atoms. The number of benzene rings is 1. The minimum Gasteiger partial charge on any atom is -0.484 e. The maximum absolute atomic E-state index is 11.6. The lowest BCUT2D eigenvalue weighted by atomic mass is 10.1. The van der Waals surface area contributed by atoms with Crippen molar-refractivity contribution in [2.24, 2.45) is 5.10 Å². The summed E-state index contributed by atoms with van der Waals surface area (Å²) in [6, 6.07) is 9.68. The number of hydrogen-bond donors (Lipinski definition) is 1. The van der Waals surface area contributed by atoms with Crippen LogP contribution in [-0.4, -0.2) is 18.7 Å². The topological polar surface area (TPSA) is 50.7 Å². The van der Waals surface area contributed by atoms with Crippen LogP contribution < -0.4 is 10.2 Å². The van der Waals surface area contributed by atoms with Gasteiger partial charge in [0.25, 0.3) is 5.91 Å². The Bertz CT molecular complexity index is 647. The zero-order valence-corrected chi connectivity index (χ0v) is 14.1. The van der Waals surface area contributed by atoms with Crippen molar-refractivity contribution in [2.45, 2.75) is 13.8 Å². The van der Waals surface area contributed by atoms with Gasteiger partial charge in [-0.2, -0.15) is 5.10 Å². The lowest BCUT2D eigenvalue weighted by Crippen LogP contribution is -2.24. The Balaban J connectivity index is 1.80. The van der Waals surface area contributed by atoms with Crippen molar-refractivity contribution in [3.05, 3.63) is 50.1 Å². The molecule has 1 aromatic heterocycles. The van der Waals surface area contributed by atoms with Crippen LogP contribution in [0.25, 0.3) is 0 Å². The summed E-state index contributed by atoms with van der Waals surface area (Å²) in [6.45, 7) is 3.92. The lowest BCUT2D eigenvalue weighted by Gasteiger charge is -2.07. The van der Waals surface area contributed by atoms with E-state index in [1.165, 1.54) is 11.3 Å². The van der Waals surface area contributed by atoms with E-state index in [0.29, 0.717) is 5.75 Å². The van der Waals surface area contributed by atoms with Gasteiger partial charge in [-0.25, -0.2) is 5.43 Å². The molecule has 0 unspecified atom stereocenters. The van der Waals surface area contributed by atoms with E-state index in [1.807, 2.05) is 38.1 Å². The number of hydrogen-bond acceptors (Lipinski definition) is 4. The number of rotatable bonds is 5. The average molecular weight is 367 g/mol. The van der Waals surface area contributed by atoms with Crippen LogP contribution in [0.5, 0.6) is 5.75 Å². The van der Waals surface area contributed by atoms with Crippen molar-refractivity contribution in [3.8, 4) is 5.75 Å². The molecule has 2 aromatic rings. The molecule has 0 aliphatic heterocycles. The fourth-order valence-corrected chi connectivity index (χ4v) is 3.06. The van der Waals surface area contributed by atoms with E-state index < -0.39 is 0 Å². The Hall–Kier alpha value is -1.66. The molecule has 1 amide bonds. The molecule has 1 N–H and O–H groups in total.